The molecule has 3 heterocycles. The second-order valence-electron chi connectivity index (χ2n) is 5.98. The average Bonchev–Trinajstić information content (AvgIpc) is 3.12. The number of aryl methyl sites for hydroxylation is 3. The van der Waals surface area contributed by atoms with Crippen LogP contribution in [0.4, 0.5) is 0 Å². The normalized spacial score (nSPS) is 21.5. The molecule has 2 aromatic rings. The van der Waals surface area contributed by atoms with Crippen LogP contribution in [0.25, 0.3) is 0 Å². The number of carbonyl (C=O) groups excluding carboxylic acids is 1. The van der Waals surface area contributed by atoms with Gasteiger partial charge < -0.3 is 14.5 Å². The molecule has 1 aliphatic rings. The molecule has 0 bridgehead atoms. The summed E-state index contributed by atoms with van der Waals surface area (Å²) < 4.78 is 5.05. The first-order chi connectivity index (χ1) is 10.5. The Morgan fingerprint density at radius 3 is 2.82 bits per heavy atom. The summed E-state index contributed by atoms with van der Waals surface area (Å²) in [5.74, 6) is 0.381. The van der Waals surface area contributed by atoms with Crippen molar-refractivity contribution in [3.05, 3.63) is 34.5 Å². The number of aliphatic hydroxyl groups excluding tert-OH is 1. The maximum Gasteiger partial charge on any atom is 0.259 e. The van der Waals surface area contributed by atoms with E-state index in [9.17, 15) is 9.90 Å². The van der Waals surface area contributed by atoms with Crippen molar-refractivity contribution in [2.45, 2.75) is 33.3 Å². The second-order valence-corrected chi connectivity index (χ2v) is 5.98. The first-order valence-electron chi connectivity index (χ1n) is 7.36. The molecule has 1 fully saturated rings. The molecule has 118 valence electrons. The van der Waals surface area contributed by atoms with Crippen LogP contribution >= 0.6 is 0 Å². The highest BCUT2D eigenvalue weighted by atomic mass is 16.5. The zero-order chi connectivity index (χ0) is 15.9. The van der Waals surface area contributed by atoms with Gasteiger partial charge in [-0.05, 0) is 33.3 Å². The first kappa shape index (κ1) is 14.8. The lowest BCUT2D eigenvalue weighted by Crippen LogP contribution is -2.30. The topological polar surface area (TPSA) is 95.2 Å². The number of amides is 1. The Morgan fingerprint density at radius 2 is 2.23 bits per heavy atom. The molecule has 1 amide bonds. The number of rotatable bonds is 3. The summed E-state index contributed by atoms with van der Waals surface area (Å²) in [4.78, 5) is 14.3. The van der Waals surface area contributed by atoms with Crippen LogP contribution < -0.4 is 0 Å². The number of nitrogens with one attached hydrogen (secondary N) is 1. The molecular weight excluding hydrogens is 284 g/mol. The second kappa shape index (κ2) is 5.57. The van der Waals surface area contributed by atoms with E-state index in [1.165, 1.54) is 0 Å². The number of aromatic amines is 1. The zero-order valence-electron chi connectivity index (χ0n) is 13.0. The lowest BCUT2D eigenvalue weighted by Gasteiger charge is -2.15. The minimum absolute atomic E-state index is 0.00729. The number of β-amino-alcohol motifs (C(OH)–C–C–N with tert-alkyl or cyclic N) is 1. The molecular formula is C15H20N4O3. The van der Waals surface area contributed by atoms with Crippen LogP contribution in [0, 0.1) is 26.7 Å². The van der Waals surface area contributed by atoms with Gasteiger partial charge in [0.1, 0.15) is 11.3 Å². The molecule has 0 aliphatic carbocycles. The van der Waals surface area contributed by atoms with Crippen molar-refractivity contribution in [1.29, 1.82) is 0 Å². The van der Waals surface area contributed by atoms with E-state index in [2.05, 4.69) is 15.4 Å². The fourth-order valence-electron chi connectivity index (χ4n) is 3.01. The summed E-state index contributed by atoms with van der Waals surface area (Å²) in [6.45, 7) is 6.26. The number of likely N-dealkylation sites (tertiary alicyclic amines) is 1. The summed E-state index contributed by atoms with van der Waals surface area (Å²) in [5, 5.41) is 21.2. The van der Waals surface area contributed by atoms with Crippen LogP contribution in [-0.2, 0) is 6.42 Å². The summed E-state index contributed by atoms with van der Waals surface area (Å²) in [7, 11) is 0. The fraction of sp³-hybridized carbons (Fsp3) is 0.533. The Kier molecular flexibility index (Phi) is 3.74. The molecule has 0 radical (unpaired) electrons. The molecule has 0 aromatic carbocycles. The van der Waals surface area contributed by atoms with Gasteiger partial charge in [0.15, 0.2) is 0 Å². The van der Waals surface area contributed by atoms with Gasteiger partial charge in [-0.3, -0.25) is 9.89 Å². The lowest BCUT2D eigenvalue weighted by molar-refractivity contribution is 0.0762. The molecule has 2 N–H and O–H groups in total. The monoisotopic (exact) mass is 304 g/mol. The van der Waals surface area contributed by atoms with Crippen LogP contribution in [0.5, 0.6) is 0 Å². The molecule has 0 saturated carbocycles. The van der Waals surface area contributed by atoms with Gasteiger partial charge in [-0.25, -0.2) is 0 Å². The molecule has 7 heteroatoms. The van der Waals surface area contributed by atoms with Crippen molar-refractivity contribution < 1.29 is 14.4 Å². The van der Waals surface area contributed by atoms with Crippen molar-refractivity contribution in [3.63, 3.8) is 0 Å². The van der Waals surface area contributed by atoms with Crippen LogP contribution in [0.3, 0.4) is 0 Å². The van der Waals surface area contributed by atoms with Crippen molar-refractivity contribution in [2.24, 2.45) is 5.92 Å². The molecule has 7 nitrogen and oxygen atoms in total. The van der Waals surface area contributed by atoms with E-state index in [1.54, 1.807) is 18.7 Å². The third-order valence-electron chi connectivity index (χ3n) is 4.17. The van der Waals surface area contributed by atoms with E-state index in [4.69, 9.17) is 4.52 Å². The molecule has 22 heavy (non-hydrogen) atoms. The number of nitrogens with zero attached hydrogens (tertiary/aromatic N) is 3. The van der Waals surface area contributed by atoms with Gasteiger partial charge in [0, 0.05) is 24.7 Å². The van der Waals surface area contributed by atoms with Gasteiger partial charge in [0.25, 0.3) is 5.91 Å². The number of aromatic nitrogens is 3. The van der Waals surface area contributed by atoms with E-state index in [0.717, 1.165) is 11.4 Å². The van der Waals surface area contributed by atoms with E-state index in [1.807, 2.05) is 13.0 Å². The third kappa shape index (κ3) is 2.64. The maximum absolute atomic E-state index is 12.6. The molecule has 0 spiro atoms. The summed E-state index contributed by atoms with van der Waals surface area (Å²) >= 11 is 0. The van der Waals surface area contributed by atoms with E-state index < -0.39 is 6.10 Å². The molecule has 2 aromatic heterocycles. The SMILES string of the molecule is Cc1cc(C[C@@H]2CN(C(=O)c3c(C)noc3C)C[C@H]2O)n[nH]1. The van der Waals surface area contributed by atoms with Gasteiger partial charge in [-0.1, -0.05) is 5.16 Å². The van der Waals surface area contributed by atoms with Crippen LogP contribution in [-0.4, -0.2) is 50.5 Å². The van der Waals surface area contributed by atoms with Gasteiger partial charge in [0.2, 0.25) is 0 Å². The van der Waals surface area contributed by atoms with Gasteiger partial charge in [0.05, 0.1) is 17.5 Å². The van der Waals surface area contributed by atoms with Crippen LogP contribution in [0.15, 0.2) is 10.6 Å². The van der Waals surface area contributed by atoms with Crippen molar-refractivity contribution in [1.82, 2.24) is 20.3 Å². The highest BCUT2D eigenvalue weighted by Crippen LogP contribution is 2.24. The Balaban J connectivity index is 1.71. The van der Waals surface area contributed by atoms with Crippen LogP contribution in [0.1, 0.15) is 33.2 Å². The number of carbonyl (C=O) groups is 1. The predicted molar refractivity (Wildman–Crippen MR) is 78.4 cm³/mol. The van der Waals surface area contributed by atoms with Gasteiger partial charge in [-0.2, -0.15) is 5.10 Å². The summed E-state index contributed by atoms with van der Waals surface area (Å²) in [5.41, 5.74) is 2.99. The summed E-state index contributed by atoms with van der Waals surface area (Å²) in [6.07, 6.45) is 0.109. The average molecular weight is 304 g/mol. The molecule has 0 unspecified atom stereocenters. The molecule has 3 rings (SSSR count). The Labute approximate surface area is 128 Å². The highest BCUT2D eigenvalue weighted by Gasteiger charge is 2.36. The minimum atomic E-state index is -0.540. The third-order valence-corrected chi connectivity index (χ3v) is 4.17. The largest absolute Gasteiger partial charge is 0.391 e. The number of hydrogen-bond donors (Lipinski definition) is 2. The Hall–Kier alpha value is -2.15. The summed E-state index contributed by atoms with van der Waals surface area (Å²) in [6, 6.07) is 1.96. The first-order valence-corrected chi connectivity index (χ1v) is 7.36. The Bertz CT molecular complexity index is 671. The van der Waals surface area contributed by atoms with Gasteiger partial charge in [-0.15, -0.1) is 0 Å². The number of hydrogen-bond acceptors (Lipinski definition) is 5. The Morgan fingerprint density at radius 1 is 1.45 bits per heavy atom. The van der Waals surface area contributed by atoms with Crippen LogP contribution in [0.2, 0.25) is 0 Å². The van der Waals surface area contributed by atoms with Crippen molar-refractivity contribution >= 4 is 5.91 Å². The number of aliphatic hydroxyl groups is 1. The molecule has 2 atom stereocenters. The van der Waals surface area contributed by atoms with Crippen molar-refractivity contribution in [3.8, 4) is 0 Å². The zero-order valence-corrected chi connectivity index (χ0v) is 13.0. The highest BCUT2D eigenvalue weighted by molar-refractivity contribution is 5.96. The smallest absolute Gasteiger partial charge is 0.259 e. The lowest BCUT2D eigenvalue weighted by atomic mass is 10.00. The maximum atomic E-state index is 12.6. The van der Waals surface area contributed by atoms with E-state index in [-0.39, 0.29) is 11.8 Å². The minimum Gasteiger partial charge on any atom is -0.391 e. The van der Waals surface area contributed by atoms with E-state index in [0.29, 0.717) is 36.5 Å². The number of H-pyrrole nitrogens is 1. The quantitative estimate of drug-likeness (QED) is 0.882. The molecule has 1 saturated heterocycles. The fourth-order valence-corrected chi connectivity index (χ4v) is 3.01. The van der Waals surface area contributed by atoms with Gasteiger partial charge >= 0.3 is 0 Å². The predicted octanol–water partition coefficient (Wildman–Crippen LogP) is 0.999. The standard InChI is InChI=1S/C15H20N4O3/c1-8-4-12(17-16-8)5-11-6-19(7-13(11)20)15(21)14-9(2)18-22-10(14)3/h4,11,13,20H,5-7H2,1-3H3,(H,16,17)/t11-,13-/m1/s1. The van der Waals surface area contributed by atoms with E-state index >= 15 is 0 Å². The molecule has 1 aliphatic heterocycles. The van der Waals surface area contributed by atoms with Crippen molar-refractivity contribution in [2.75, 3.05) is 13.1 Å².